The number of aliphatic carboxylic acids is 1. The normalized spacial score (nSPS) is 13.9. The number of nitrogens with one attached hydrogen (secondary N) is 1. The van der Waals surface area contributed by atoms with Gasteiger partial charge in [-0.3, -0.25) is 4.79 Å². The van der Waals surface area contributed by atoms with Crippen molar-refractivity contribution in [3.8, 4) is 0 Å². The molecule has 8 heteroatoms. The number of rotatable bonds is 6. The van der Waals surface area contributed by atoms with Gasteiger partial charge < -0.3 is 21.3 Å². The lowest BCUT2D eigenvalue weighted by molar-refractivity contribution is -0.146. The molecule has 0 bridgehead atoms. The van der Waals surface area contributed by atoms with Gasteiger partial charge in [-0.25, -0.2) is 9.78 Å². The Morgan fingerprint density at radius 3 is 2.78 bits per heavy atom. The molecular weight excluding hydrogens is 258 g/mol. The van der Waals surface area contributed by atoms with Crippen molar-refractivity contribution in [2.24, 2.45) is 5.73 Å². The first-order valence-electron chi connectivity index (χ1n) is 5.32. The fraction of sp³-hybridized carbons (Fsp3) is 0.500. The third-order valence-electron chi connectivity index (χ3n) is 2.13. The maximum atomic E-state index is 11.6. The monoisotopic (exact) mass is 273 g/mol. The summed E-state index contributed by atoms with van der Waals surface area (Å²) in [7, 11) is 0. The predicted octanol–water partition coefficient (Wildman–Crippen LogP) is -0.272. The van der Waals surface area contributed by atoms with Crippen molar-refractivity contribution in [2.75, 3.05) is 6.54 Å². The standard InChI is InChI=1S/C10H15N3O4S/c1-5(11)9-13-6(4-18-9)8(15)12-3-2-7(14)10(16)17/h4-5,7,14H,2-3,11H2,1H3,(H,12,15)(H,16,17)/t5?,7-/m0/s1. The van der Waals surface area contributed by atoms with Crippen molar-refractivity contribution >= 4 is 23.2 Å². The Hall–Kier alpha value is -1.51. The number of hydrogen-bond donors (Lipinski definition) is 4. The highest BCUT2D eigenvalue weighted by Crippen LogP contribution is 2.15. The van der Waals surface area contributed by atoms with Crippen LogP contribution < -0.4 is 11.1 Å². The molecule has 0 fully saturated rings. The van der Waals surface area contributed by atoms with Crippen LogP contribution in [0.25, 0.3) is 0 Å². The zero-order valence-electron chi connectivity index (χ0n) is 9.79. The molecule has 1 amide bonds. The molecule has 1 aromatic rings. The molecule has 0 aliphatic heterocycles. The van der Waals surface area contributed by atoms with Crippen LogP contribution in [0.2, 0.25) is 0 Å². The zero-order chi connectivity index (χ0) is 13.7. The van der Waals surface area contributed by atoms with E-state index in [1.54, 1.807) is 12.3 Å². The Morgan fingerprint density at radius 1 is 1.61 bits per heavy atom. The molecule has 1 aromatic heterocycles. The second-order valence-electron chi connectivity index (χ2n) is 3.76. The summed E-state index contributed by atoms with van der Waals surface area (Å²) >= 11 is 1.29. The number of carbonyl (C=O) groups is 2. The number of nitrogens with zero attached hydrogens (tertiary/aromatic N) is 1. The molecule has 0 saturated carbocycles. The summed E-state index contributed by atoms with van der Waals surface area (Å²) in [6, 6.07) is -0.231. The van der Waals surface area contributed by atoms with Gasteiger partial charge in [0.05, 0.1) is 6.04 Å². The van der Waals surface area contributed by atoms with Gasteiger partial charge in [0.25, 0.3) is 5.91 Å². The van der Waals surface area contributed by atoms with Crippen molar-refractivity contribution in [2.45, 2.75) is 25.5 Å². The maximum Gasteiger partial charge on any atom is 0.332 e. The third kappa shape index (κ3) is 4.06. The Kier molecular flexibility index (Phi) is 5.20. The lowest BCUT2D eigenvalue weighted by Gasteiger charge is -2.06. The van der Waals surface area contributed by atoms with E-state index in [1.165, 1.54) is 11.3 Å². The van der Waals surface area contributed by atoms with E-state index < -0.39 is 18.0 Å². The Bertz CT molecular complexity index is 433. The van der Waals surface area contributed by atoms with Crippen LogP contribution in [0.15, 0.2) is 5.38 Å². The summed E-state index contributed by atoms with van der Waals surface area (Å²) in [5.41, 5.74) is 5.87. The number of nitrogens with two attached hydrogens (primary N) is 1. The quantitative estimate of drug-likeness (QED) is 0.565. The second-order valence-corrected chi connectivity index (χ2v) is 4.65. The Balaban J connectivity index is 2.43. The molecule has 5 N–H and O–H groups in total. The fourth-order valence-corrected chi connectivity index (χ4v) is 1.90. The van der Waals surface area contributed by atoms with Crippen LogP contribution in [0, 0.1) is 0 Å². The molecule has 1 heterocycles. The minimum absolute atomic E-state index is 0.0502. The van der Waals surface area contributed by atoms with Gasteiger partial charge in [0, 0.05) is 18.3 Å². The van der Waals surface area contributed by atoms with E-state index in [0.717, 1.165) is 0 Å². The van der Waals surface area contributed by atoms with Crippen LogP contribution in [0.1, 0.15) is 34.9 Å². The first-order chi connectivity index (χ1) is 8.41. The van der Waals surface area contributed by atoms with E-state index in [-0.39, 0.29) is 24.7 Å². The molecule has 0 spiro atoms. The van der Waals surface area contributed by atoms with Crippen LogP contribution >= 0.6 is 11.3 Å². The highest BCUT2D eigenvalue weighted by molar-refractivity contribution is 7.09. The average Bonchev–Trinajstić information content (AvgIpc) is 2.77. The van der Waals surface area contributed by atoms with Gasteiger partial charge in [0.1, 0.15) is 10.7 Å². The number of thiazole rings is 1. The molecule has 0 aliphatic carbocycles. The molecular formula is C10H15N3O4S. The van der Waals surface area contributed by atoms with Crippen LogP contribution in [-0.4, -0.2) is 39.7 Å². The van der Waals surface area contributed by atoms with Gasteiger partial charge in [-0.1, -0.05) is 0 Å². The highest BCUT2D eigenvalue weighted by Gasteiger charge is 2.15. The minimum atomic E-state index is -1.47. The van der Waals surface area contributed by atoms with E-state index in [2.05, 4.69) is 10.3 Å². The molecule has 2 atom stereocenters. The lowest BCUT2D eigenvalue weighted by Crippen LogP contribution is -2.30. The van der Waals surface area contributed by atoms with E-state index in [4.69, 9.17) is 15.9 Å². The van der Waals surface area contributed by atoms with Gasteiger partial charge >= 0.3 is 5.97 Å². The molecule has 1 unspecified atom stereocenters. The molecule has 1 rings (SSSR count). The summed E-state index contributed by atoms with van der Waals surface area (Å²) in [5, 5.41) is 22.2. The number of carbonyl (C=O) groups excluding carboxylic acids is 1. The maximum absolute atomic E-state index is 11.6. The van der Waals surface area contributed by atoms with E-state index in [1.807, 2.05) is 0 Å². The molecule has 0 aliphatic rings. The smallest absolute Gasteiger partial charge is 0.332 e. The molecule has 7 nitrogen and oxygen atoms in total. The fourth-order valence-electron chi connectivity index (χ4n) is 1.14. The zero-order valence-corrected chi connectivity index (χ0v) is 10.6. The van der Waals surface area contributed by atoms with Gasteiger partial charge in [-0.05, 0) is 6.92 Å². The van der Waals surface area contributed by atoms with E-state index in [0.29, 0.717) is 5.01 Å². The predicted molar refractivity (Wildman–Crippen MR) is 65.3 cm³/mol. The van der Waals surface area contributed by atoms with Gasteiger partial charge in [0.2, 0.25) is 0 Å². The molecule has 0 radical (unpaired) electrons. The van der Waals surface area contributed by atoms with Crippen molar-refractivity contribution in [1.29, 1.82) is 0 Å². The Labute approximate surface area is 108 Å². The average molecular weight is 273 g/mol. The number of amides is 1. The first-order valence-corrected chi connectivity index (χ1v) is 6.20. The lowest BCUT2D eigenvalue weighted by atomic mass is 10.2. The molecule has 0 aromatic carbocycles. The molecule has 18 heavy (non-hydrogen) atoms. The van der Waals surface area contributed by atoms with E-state index in [9.17, 15) is 9.59 Å². The number of aliphatic hydroxyl groups is 1. The highest BCUT2D eigenvalue weighted by atomic mass is 32.1. The van der Waals surface area contributed by atoms with Gasteiger partial charge in [0.15, 0.2) is 6.10 Å². The summed E-state index contributed by atoms with van der Waals surface area (Å²) in [5.74, 6) is -1.71. The summed E-state index contributed by atoms with van der Waals surface area (Å²) in [4.78, 5) is 26.0. The van der Waals surface area contributed by atoms with Crippen molar-refractivity contribution in [3.05, 3.63) is 16.1 Å². The topological polar surface area (TPSA) is 126 Å². The molecule has 100 valence electrons. The number of aliphatic hydroxyl groups excluding tert-OH is 1. The SMILES string of the molecule is CC(N)c1nc(C(=O)NCC[C@H](O)C(=O)O)cs1. The minimum Gasteiger partial charge on any atom is -0.479 e. The number of carboxylic acid groups (broad SMARTS) is 1. The Morgan fingerprint density at radius 2 is 2.28 bits per heavy atom. The number of aromatic nitrogens is 1. The van der Waals surface area contributed by atoms with Gasteiger partial charge in [-0.2, -0.15) is 0 Å². The first kappa shape index (κ1) is 14.6. The number of hydrogen-bond acceptors (Lipinski definition) is 6. The molecule has 0 saturated heterocycles. The third-order valence-corrected chi connectivity index (χ3v) is 3.18. The van der Waals surface area contributed by atoms with E-state index >= 15 is 0 Å². The van der Waals surface area contributed by atoms with Crippen molar-refractivity contribution in [3.63, 3.8) is 0 Å². The van der Waals surface area contributed by atoms with Crippen LogP contribution in [0.5, 0.6) is 0 Å². The van der Waals surface area contributed by atoms with Crippen molar-refractivity contribution in [1.82, 2.24) is 10.3 Å². The number of carboxylic acids is 1. The largest absolute Gasteiger partial charge is 0.479 e. The summed E-state index contributed by atoms with van der Waals surface area (Å²) in [6.45, 7) is 1.83. The van der Waals surface area contributed by atoms with Crippen LogP contribution in [0.4, 0.5) is 0 Å². The summed E-state index contributed by atoms with van der Waals surface area (Å²) < 4.78 is 0. The van der Waals surface area contributed by atoms with Gasteiger partial charge in [-0.15, -0.1) is 11.3 Å². The second kappa shape index (κ2) is 6.43. The van der Waals surface area contributed by atoms with Crippen LogP contribution in [0.3, 0.4) is 0 Å². The van der Waals surface area contributed by atoms with Crippen LogP contribution in [-0.2, 0) is 4.79 Å². The summed E-state index contributed by atoms with van der Waals surface area (Å²) in [6.07, 6.45) is -1.52. The van der Waals surface area contributed by atoms with Crippen molar-refractivity contribution < 1.29 is 19.8 Å².